The molecule has 5 heteroatoms. The quantitative estimate of drug-likeness (QED) is 0.539. The second-order valence-corrected chi connectivity index (χ2v) is 9.23. The Bertz CT molecular complexity index is 1050. The van der Waals surface area contributed by atoms with Gasteiger partial charge in [0.15, 0.2) is 0 Å². The van der Waals surface area contributed by atoms with Gasteiger partial charge in [-0.15, -0.1) is 11.3 Å². The van der Waals surface area contributed by atoms with Crippen LogP contribution >= 0.6 is 11.3 Å². The zero-order valence-electron chi connectivity index (χ0n) is 17.1. The highest BCUT2D eigenvalue weighted by Crippen LogP contribution is 2.43. The Morgan fingerprint density at radius 1 is 1.14 bits per heavy atom. The van der Waals surface area contributed by atoms with Gasteiger partial charge in [-0.05, 0) is 68.9 Å². The van der Waals surface area contributed by atoms with Gasteiger partial charge in [0, 0.05) is 28.0 Å². The molecule has 2 aromatic heterocycles. The third-order valence-corrected chi connectivity index (χ3v) is 7.59. The normalized spacial score (nSPS) is 17.9. The molecule has 1 aromatic carbocycles. The summed E-state index contributed by atoms with van der Waals surface area (Å²) in [6, 6.07) is 12.4. The summed E-state index contributed by atoms with van der Waals surface area (Å²) < 4.78 is 2.34. The van der Waals surface area contributed by atoms with Gasteiger partial charge in [0.1, 0.15) is 5.00 Å². The Labute approximate surface area is 176 Å². The largest absolute Gasteiger partial charge is 0.322 e. The molecular formula is C24H27N3OS. The van der Waals surface area contributed by atoms with Crippen LogP contribution in [0.3, 0.4) is 0 Å². The molecule has 1 aliphatic heterocycles. The number of benzene rings is 1. The molecule has 150 valence electrons. The molecule has 1 atom stereocenters. The summed E-state index contributed by atoms with van der Waals surface area (Å²) in [6.45, 7) is 4.91. The molecule has 1 aliphatic carbocycles. The number of nitrogens with zero attached hydrogens (tertiary/aromatic N) is 2. The third kappa shape index (κ3) is 3.18. The number of hydrogen-bond acceptors (Lipinski definition) is 2. The van der Waals surface area contributed by atoms with Crippen LogP contribution in [0.5, 0.6) is 0 Å². The Kier molecular flexibility index (Phi) is 4.70. The third-order valence-electron chi connectivity index (χ3n) is 6.26. The number of amides is 2. The standard InChI is InChI=1S/C24H27N3OS/c1-3-20-21-8-6-14-26(21)23-19(18-7-4-5-9-22(18)29-23)15-27(20)24(28)25-17-12-10-16(2)11-13-17/h6,8,10-14,20H,3-5,7,9,15H2,1-2H3,(H,25,28). The van der Waals surface area contributed by atoms with E-state index in [1.54, 1.807) is 0 Å². The number of aryl methyl sites for hydroxylation is 2. The van der Waals surface area contributed by atoms with Crippen molar-refractivity contribution in [3.63, 3.8) is 0 Å². The summed E-state index contributed by atoms with van der Waals surface area (Å²) in [5, 5.41) is 4.46. The zero-order chi connectivity index (χ0) is 20.0. The molecule has 2 aliphatic rings. The van der Waals surface area contributed by atoms with E-state index < -0.39 is 0 Å². The lowest BCUT2D eigenvalue weighted by molar-refractivity contribution is 0.181. The van der Waals surface area contributed by atoms with Gasteiger partial charge in [-0.25, -0.2) is 4.79 Å². The van der Waals surface area contributed by atoms with E-state index >= 15 is 0 Å². The first-order valence-corrected chi connectivity index (χ1v) is 11.4. The lowest BCUT2D eigenvalue weighted by Gasteiger charge is -2.30. The summed E-state index contributed by atoms with van der Waals surface area (Å²) in [7, 11) is 0. The van der Waals surface area contributed by atoms with Gasteiger partial charge in [0.25, 0.3) is 0 Å². The average molecular weight is 406 g/mol. The summed E-state index contributed by atoms with van der Waals surface area (Å²) in [5.41, 5.74) is 6.11. The number of urea groups is 1. The van der Waals surface area contributed by atoms with Crippen molar-refractivity contribution < 1.29 is 4.79 Å². The highest BCUT2D eigenvalue weighted by Gasteiger charge is 2.34. The van der Waals surface area contributed by atoms with Gasteiger partial charge in [-0.1, -0.05) is 24.6 Å². The molecule has 0 spiro atoms. The summed E-state index contributed by atoms with van der Waals surface area (Å²) in [4.78, 5) is 17.0. The molecular weight excluding hydrogens is 378 g/mol. The lowest BCUT2D eigenvalue weighted by Crippen LogP contribution is -2.37. The maximum absolute atomic E-state index is 13.4. The number of fused-ring (bicyclic) bond motifs is 5. The maximum atomic E-state index is 13.4. The monoisotopic (exact) mass is 405 g/mol. The smallest absolute Gasteiger partial charge is 0.312 e. The Balaban J connectivity index is 1.56. The molecule has 0 bridgehead atoms. The number of rotatable bonds is 2. The van der Waals surface area contributed by atoms with Crippen molar-refractivity contribution >= 4 is 23.1 Å². The Hall–Kier alpha value is -2.53. The van der Waals surface area contributed by atoms with E-state index in [1.807, 2.05) is 40.5 Å². The minimum atomic E-state index is -0.0166. The number of anilines is 1. The molecule has 0 saturated heterocycles. The van der Waals surface area contributed by atoms with Crippen LogP contribution < -0.4 is 5.32 Å². The molecule has 1 N–H and O–H groups in total. The molecule has 1 unspecified atom stereocenters. The van der Waals surface area contributed by atoms with E-state index in [2.05, 4.69) is 42.1 Å². The summed E-state index contributed by atoms with van der Waals surface area (Å²) in [6.07, 6.45) is 7.91. The molecule has 0 fully saturated rings. The molecule has 0 radical (unpaired) electrons. The van der Waals surface area contributed by atoms with Crippen molar-refractivity contribution in [1.29, 1.82) is 0 Å². The second-order valence-electron chi connectivity index (χ2n) is 8.15. The Morgan fingerprint density at radius 2 is 1.93 bits per heavy atom. The zero-order valence-corrected chi connectivity index (χ0v) is 17.9. The van der Waals surface area contributed by atoms with Crippen LogP contribution in [0, 0.1) is 6.92 Å². The van der Waals surface area contributed by atoms with Gasteiger partial charge in [0.05, 0.1) is 12.6 Å². The van der Waals surface area contributed by atoms with Crippen LogP contribution in [0.25, 0.3) is 5.00 Å². The van der Waals surface area contributed by atoms with Crippen molar-refractivity contribution in [3.05, 3.63) is 69.9 Å². The second kappa shape index (κ2) is 7.38. The first kappa shape index (κ1) is 18.5. The van der Waals surface area contributed by atoms with E-state index in [1.165, 1.54) is 51.5 Å². The average Bonchev–Trinajstić information content (AvgIpc) is 3.32. The molecule has 0 saturated carbocycles. The van der Waals surface area contributed by atoms with Crippen LogP contribution in [0.15, 0.2) is 42.6 Å². The minimum absolute atomic E-state index is 0.0166. The Morgan fingerprint density at radius 3 is 2.72 bits per heavy atom. The highest BCUT2D eigenvalue weighted by atomic mass is 32.1. The van der Waals surface area contributed by atoms with Gasteiger partial charge < -0.3 is 14.8 Å². The van der Waals surface area contributed by atoms with E-state index in [0.717, 1.165) is 18.5 Å². The van der Waals surface area contributed by atoms with Gasteiger partial charge >= 0.3 is 6.03 Å². The predicted octanol–water partition coefficient (Wildman–Crippen LogP) is 6.22. The molecule has 5 rings (SSSR count). The summed E-state index contributed by atoms with van der Waals surface area (Å²) >= 11 is 1.93. The number of thiophene rings is 1. The first-order valence-electron chi connectivity index (χ1n) is 10.6. The number of nitrogens with one attached hydrogen (secondary N) is 1. The van der Waals surface area contributed by atoms with E-state index in [-0.39, 0.29) is 12.1 Å². The van der Waals surface area contributed by atoms with Crippen molar-refractivity contribution in [2.24, 2.45) is 0 Å². The van der Waals surface area contributed by atoms with E-state index in [4.69, 9.17) is 0 Å². The fourth-order valence-corrected chi connectivity index (χ4v) is 6.14. The fourth-order valence-electron chi connectivity index (χ4n) is 4.74. The number of carbonyl (C=O) groups is 1. The van der Waals surface area contributed by atoms with Crippen LogP contribution in [0.4, 0.5) is 10.5 Å². The minimum Gasteiger partial charge on any atom is -0.312 e. The number of carbonyl (C=O) groups excluding carboxylic acids is 1. The fraction of sp³-hybridized carbons (Fsp3) is 0.375. The van der Waals surface area contributed by atoms with Crippen LogP contribution in [0.2, 0.25) is 0 Å². The van der Waals surface area contributed by atoms with Crippen LogP contribution in [-0.2, 0) is 19.4 Å². The highest BCUT2D eigenvalue weighted by molar-refractivity contribution is 7.15. The molecule has 3 aromatic rings. The first-order chi connectivity index (χ1) is 14.2. The van der Waals surface area contributed by atoms with Crippen LogP contribution in [-0.4, -0.2) is 15.5 Å². The summed E-state index contributed by atoms with van der Waals surface area (Å²) in [5.74, 6) is 0. The maximum Gasteiger partial charge on any atom is 0.322 e. The SMILES string of the molecule is CCC1c2cccn2-c2sc3c(c2CN1C(=O)Nc1ccc(C)cc1)CCCC3. The molecule has 3 heterocycles. The van der Waals surface area contributed by atoms with Crippen molar-refractivity contribution in [2.75, 3.05) is 5.32 Å². The predicted molar refractivity (Wildman–Crippen MR) is 119 cm³/mol. The van der Waals surface area contributed by atoms with Crippen molar-refractivity contribution in [2.45, 2.75) is 58.5 Å². The molecule has 2 amide bonds. The molecule has 29 heavy (non-hydrogen) atoms. The lowest BCUT2D eigenvalue weighted by atomic mass is 9.95. The number of hydrogen-bond donors (Lipinski definition) is 1. The van der Waals surface area contributed by atoms with Gasteiger partial charge in [-0.3, -0.25) is 0 Å². The van der Waals surface area contributed by atoms with Crippen molar-refractivity contribution in [1.82, 2.24) is 9.47 Å². The van der Waals surface area contributed by atoms with Gasteiger partial charge in [-0.2, -0.15) is 0 Å². The topological polar surface area (TPSA) is 37.3 Å². The number of aromatic nitrogens is 1. The van der Waals surface area contributed by atoms with Gasteiger partial charge in [0.2, 0.25) is 0 Å². The van der Waals surface area contributed by atoms with Crippen LogP contribution in [0.1, 0.15) is 59.5 Å². The van der Waals surface area contributed by atoms with E-state index in [9.17, 15) is 4.79 Å². The molecule has 4 nitrogen and oxygen atoms in total. The van der Waals surface area contributed by atoms with E-state index in [0.29, 0.717) is 6.54 Å². The van der Waals surface area contributed by atoms with Crippen molar-refractivity contribution in [3.8, 4) is 5.00 Å².